The molecular formula is C34H57B5O36P6. The largest absolute Gasteiger partial charge is 0.474 e. The Morgan fingerprint density at radius 1 is 0.556 bits per heavy atom. The van der Waals surface area contributed by atoms with E-state index in [0.717, 1.165) is 14.0 Å². The summed E-state index contributed by atoms with van der Waals surface area (Å²) in [5, 5.41) is 51.8. The average molecular weight is 1280 g/mol. The van der Waals surface area contributed by atoms with Crippen LogP contribution in [0.2, 0.25) is 0 Å². The number of hydrogen-bond acceptors (Lipinski definition) is 30. The molecule has 454 valence electrons. The molecule has 0 aromatic rings. The van der Waals surface area contributed by atoms with Crippen molar-refractivity contribution in [3.63, 3.8) is 0 Å². The van der Waals surface area contributed by atoms with Gasteiger partial charge in [-0.25, -0.2) is 27.4 Å². The number of ether oxygens (including phenoxy) is 7. The molecule has 36 nitrogen and oxygen atoms in total. The smallest absolute Gasteiger partial charge is 0.438 e. The lowest BCUT2D eigenvalue weighted by Gasteiger charge is -2.28. The Morgan fingerprint density at radius 2 is 0.901 bits per heavy atom. The highest BCUT2D eigenvalue weighted by Crippen LogP contribution is 2.54. The third kappa shape index (κ3) is 20.7. The van der Waals surface area contributed by atoms with Gasteiger partial charge in [0.1, 0.15) is 131 Å². The Hall–Kier alpha value is -0.0953. The van der Waals surface area contributed by atoms with Crippen LogP contribution in [0.25, 0.3) is 0 Å². The van der Waals surface area contributed by atoms with E-state index in [9.17, 15) is 82.3 Å². The minimum Gasteiger partial charge on any atom is -0.438 e. The maximum absolute atomic E-state index is 13.3. The van der Waals surface area contributed by atoms with Crippen LogP contribution in [0.15, 0.2) is 0 Å². The fourth-order valence-corrected chi connectivity index (χ4v) is 13.1. The molecule has 47 heteroatoms. The van der Waals surface area contributed by atoms with Crippen molar-refractivity contribution in [2.45, 2.75) is 154 Å². The van der Waals surface area contributed by atoms with E-state index in [1.165, 1.54) is 0 Å². The van der Waals surface area contributed by atoms with Crippen LogP contribution in [0.3, 0.4) is 0 Å². The Balaban J connectivity index is 1.17. The van der Waals surface area contributed by atoms with Gasteiger partial charge in [0, 0.05) is 37.1 Å². The zero-order valence-electron chi connectivity index (χ0n) is 42.4. The summed E-state index contributed by atoms with van der Waals surface area (Å²) in [4.78, 5) is 62.8. The van der Waals surface area contributed by atoms with Crippen molar-refractivity contribution in [1.82, 2.24) is 0 Å². The molecule has 0 bridgehead atoms. The number of rotatable bonds is 33. The van der Waals surface area contributed by atoms with Crippen LogP contribution in [0.5, 0.6) is 0 Å². The Morgan fingerprint density at radius 3 is 1.28 bits per heavy atom. The van der Waals surface area contributed by atoms with Gasteiger partial charge in [0.25, 0.3) is 0 Å². The van der Waals surface area contributed by atoms with Crippen LogP contribution in [0.4, 0.5) is 0 Å². The molecule has 12 unspecified atom stereocenters. The standard InChI is InChI=1S/C34H57B5O36P6/c1-5-14-26(21(41)31(36)65-14)73-80(53,54)63-11-19-29(24(44)34(39)68-19)75-81(55,56)64-12-20(69-30(35)13(3)40)70-77(47,48)61-9-18-28(23(43)33(38)67-18)74-79(51,52)60-8-16-25(15(7-59-16)58-6-2)71-78(49,50)62-10-17-27(22(42)32(37)66-17)72-76(45,46)57-4/h2,13-34,40-44H,5,7-12H2,1,3-4H3,(H,45,46)(H,47,48)(H,49,50)(H,51,52)(H,53,54)(H,55,56)/t13-,14+,15+,16+,17+,18+,19+,20?,21-,22-,23-,24-,25?,26?,27?,28?,29?,30+,31+,32+,33+,34+/m0/s1. The number of aliphatic hydroxyl groups excluding tert-OH is 5. The van der Waals surface area contributed by atoms with E-state index in [1.54, 1.807) is 13.0 Å². The van der Waals surface area contributed by atoms with Gasteiger partial charge < -0.3 is 88.1 Å². The number of terminal acetylenes is 1. The van der Waals surface area contributed by atoms with Gasteiger partial charge in [0.2, 0.25) is 0 Å². The second-order valence-corrected chi connectivity index (χ2v) is 26.3. The average Bonchev–Trinajstić information content (AvgIpc) is 4.12. The lowest BCUT2D eigenvalue weighted by atomic mass is 9.93. The molecule has 5 saturated heterocycles. The van der Waals surface area contributed by atoms with Crippen LogP contribution in [0, 0.1) is 12.5 Å². The fraction of sp³-hybridized carbons (Fsp3) is 0.941. The molecule has 28 atom stereocenters. The molecule has 0 spiro atoms. The Kier molecular flexibility index (Phi) is 26.5. The predicted molar refractivity (Wildman–Crippen MR) is 263 cm³/mol. The van der Waals surface area contributed by atoms with E-state index in [4.69, 9.17) is 129 Å². The summed E-state index contributed by atoms with van der Waals surface area (Å²) in [5.41, 5.74) is 0. The number of aliphatic hydroxyl groups is 5. The predicted octanol–water partition coefficient (Wildman–Crippen LogP) is -4.72. The fourth-order valence-electron chi connectivity index (χ4n) is 7.76. The van der Waals surface area contributed by atoms with Crippen molar-refractivity contribution < 1.29 is 170 Å². The molecule has 0 aliphatic carbocycles. The maximum atomic E-state index is 13.3. The van der Waals surface area contributed by atoms with Crippen molar-refractivity contribution >= 4 is 86.2 Å². The van der Waals surface area contributed by atoms with Gasteiger partial charge in [-0.05, 0) is 13.3 Å². The van der Waals surface area contributed by atoms with E-state index < -0.39 is 221 Å². The summed E-state index contributed by atoms with van der Waals surface area (Å²) in [6.45, 7) is -3.52. The second-order valence-electron chi connectivity index (χ2n) is 17.8. The van der Waals surface area contributed by atoms with Gasteiger partial charge in [-0.3, -0.25) is 54.3 Å². The first kappa shape index (κ1) is 71.7. The Labute approximate surface area is 468 Å². The van der Waals surface area contributed by atoms with E-state index in [-0.39, 0.29) is 6.42 Å². The minimum absolute atomic E-state index is 0.185. The van der Waals surface area contributed by atoms with Gasteiger partial charge in [-0.15, -0.1) is 0 Å². The molecule has 5 fully saturated rings. The molecule has 5 aliphatic heterocycles. The third-order valence-corrected chi connectivity index (χ3v) is 17.7. The molecule has 81 heavy (non-hydrogen) atoms. The lowest BCUT2D eigenvalue weighted by molar-refractivity contribution is -0.150. The molecule has 5 rings (SSSR count). The third-order valence-electron chi connectivity index (χ3n) is 11.8. The molecule has 0 amide bonds. The van der Waals surface area contributed by atoms with Gasteiger partial charge >= 0.3 is 46.9 Å². The van der Waals surface area contributed by atoms with E-state index in [2.05, 4.69) is 4.52 Å². The molecular weight excluding hydrogens is 1220 g/mol. The highest BCUT2D eigenvalue weighted by atomic mass is 31.2. The summed E-state index contributed by atoms with van der Waals surface area (Å²) < 4.78 is 173. The zero-order valence-corrected chi connectivity index (χ0v) is 47.8. The maximum Gasteiger partial charge on any atom is 0.474 e. The van der Waals surface area contributed by atoms with Crippen molar-refractivity contribution in [3.05, 3.63) is 0 Å². The van der Waals surface area contributed by atoms with Gasteiger partial charge in [0.05, 0.1) is 45.2 Å². The lowest BCUT2D eigenvalue weighted by Crippen LogP contribution is -2.38. The SMILES string of the molecule is [B][C@H](OC(COP(=O)(O)OC1[C@@H](COP(=O)(O)OC2[C@@H](CC)O[C@@H]([B])[C@H]2O)O[C@@H]([B])[C@H]1O)OP(=O)(O)OC[C@H]1O[C@@H]([B])[C@@H](O)C1OP(=O)(O)OC[C@H]1OC[C@@H](OC#C)C1OP(=O)(O)OC[C@H]1O[C@@H]([B])[C@@H](O)C1OP(=O)(O)OC)[C@H](C)O. The van der Waals surface area contributed by atoms with E-state index >= 15 is 0 Å². The second kappa shape index (κ2) is 29.9. The van der Waals surface area contributed by atoms with Gasteiger partial charge in [-0.1, -0.05) is 13.3 Å². The van der Waals surface area contributed by atoms with Gasteiger partial charge in [-0.2, -0.15) is 0 Å². The van der Waals surface area contributed by atoms with Crippen LogP contribution in [0.1, 0.15) is 20.3 Å². The Bertz CT molecular complexity index is 2390. The first-order chi connectivity index (χ1) is 37.4. The highest BCUT2D eigenvalue weighted by molar-refractivity contribution is 7.48. The van der Waals surface area contributed by atoms with E-state index in [1.807, 2.05) is 0 Å². The van der Waals surface area contributed by atoms with Crippen molar-refractivity contribution in [2.75, 3.05) is 46.8 Å². The molecule has 10 radical (unpaired) electrons. The van der Waals surface area contributed by atoms with Crippen LogP contribution in [-0.4, -0.2) is 275 Å². The summed E-state index contributed by atoms with van der Waals surface area (Å²) in [5.74, 6) is 0. The molecule has 5 aliphatic rings. The minimum atomic E-state index is -5.61. The number of hydrogen-bond donors (Lipinski definition) is 11. The van der Waals surface area contributed by atoms with Crippen molar-refractivity contribution in [2.24, 2.45) is 0 Å². The van der Waals surface area contributed by atoms with Crippen LogP contribution in [-0.2, 0) is 115 Å². The van der Waals surface area contributed by atoms with Gasteiger partial charge in [0.15, 0.2) is 12.4 Å². The zero-order chi connectivity index (χ0) is 60.8. The monoisotopic (exact) mass is 1280 g/mol. The number of phosphoric acid groups is 6. The first-order valence-electron chi connectivity index (χ1n) is 23.5. The quantitative estimate of drug-likeness (QED) is 0.0127. The first-order valence-corrected chi connectivity index (χ1v) is 32.4. The van der Waals surface area contributed by atoms with Crippen molar-refractivity contribution in [1.29, 1.82) is 0 Å². The highest BCUT2D eigenvalue weighted by Gasteiger charge is 2.53. The molecule has 0 aromatic carbocycles. The van der Waals surface area contributed by atoms with E-state index in [0.29, 0.717) is 0 Å². The van der Waals surface area contributed by atoms with Crippen molar-refractivity contribution in [3.8, 4) is 12.5 Å². The molecule has 0 saturated carbocycles. The summed E-state index contributed by atoms with van der Waals surface area (Å²) >= 11 is 0. The normalized spacial score (nSPS) is 40.0. The topological polar surface area (TPSA) is 500 Å². The summed E-state index contributed by atoms with van der Waals surface area (Å²) in [6.07, 6.45) is -22.1. The molecule has 5 heterocycles. The number of phosphoric ester groups is 6. The van der Waals surface area contributed by atoms with Crippen LogP contribution >= 0.6 is 46.9 Å². The molecule has 0 aromatic heterocycles. The van der Waals surface area contributed by atoms with Crippen LogP contribution < -0.4 is 0 Å². The summed E-state index contributed by atoms with van der Waals surface area (Å²) in [7, 11) is -2.66. The molecule has 11 N–H and O–H groups in total. The summed E-state index contributed by atoms with van der Waals surface area (Å²) in [6, 6.07) is -8.03.